The number of likely N-dealkylation sites (tertiary alicyclic amines) is 1. The number of piperidine rings is 1. The van der Waals surface area contributed by atoms with Crippen LogP contribution >= 0.6 is 0 Å². The molecule has 2 atom stereocenters. The minimum Gasteiger partial charge on any atom is -0.288 e. The van der Waals surface area contributed by atoms with Gasteiger partial charge in [0.2, 0.25) is 0 Å². The molecule has 0 bridgehead atoms. The van der Waals surface area contributed by atoms with Gasteiger partial charge < -0.3 is 0 Å². The van der Waals surface area contributed by atoms with Crippen LogP contribution < -0.4 is 0 Å². The van der Waals surface area contributed by atoms with Gasteiger partial charge in [0.1, 0.15) is 0 Å². The zero-order chi connectivity index (χ0) is 9.68. The molecule has 1 saturated heterocycles. The molecule has 2 heteroatoms. The van der Waals surface area contributed by atoms with E-state index in [-0.39, 0.29) is 6.04 Å². The number of rotatable bonds is 3. The average Bonchev–Trinajstić information content (AvgIpc) is 2.18. The van der Waals surface area contributed by atoms with Gasteiger partial charge in [-0.1, -0.05) is 20.3 Å². The summed E-state index contributed by atoms with van der Waals surface area (Å²) >= 11 is 0. The van der Waals surface area contributed by atoms with Gasteiger partial charge in [-0.2, -0.15) is 5.26 Å². The SMILES string of the molecule is CCC(C)CN1CCCCC1C#N. The van der Waals surface area contributed by atoms with Crippen LogP contribution in [-0.2, 0) is 0 Å². The maximum atomic E-state index is 8.96. The Balaban J connectivity index is 2.41. The molecule has 0 saturated carbocycles. The number of nitrogens with zero attached hydrogens (tertiary/aromatic N) is 2. The Morgan fingerprint density at radius 2 is 2.31 bits per heavy atom. The second-order valence-electron chi connectivity index (χ2n) is 4.15. The molecule has 13 heavy (non-hydrogen) atoms. The van der Waals surface area contributed by atoms with Crippen molar-refractivity contribution in [1.29, 1.82) is 5.26 Å². The molecule has 2 unspecified atom stereocenters. The summed E-state index contributed by atoms with van der Waals surface area (Å²) in [6.07, 6.45) is 4.80. The van der Waals surface area contributed by atoms with Crippen molar-refractivity contribution in [1.82, 2.24) is 4.90 Å². The van der Waals surface area contributed by atoms with E-state index < -0.39 is 0 Å². The zero-order valence-corrected chi connectivity index (χ0v) is 8.79. The molecule has 1 aliphatic rings. The van der Waals surface area contributed by atoms with Gasteiger partial charge in [-0.25, -0.2) is 0 Å². The minimum atomic E-state index is 0.197. The maximum Gasteiger partial charge on any atom is 0.0978 e. The van der Waals surface area contributed by atoms with Crippen molar-refractivity contribution in [3.05, 3.63) is 0 Å². The Labute approximate surface area is 81.5 Å². The van der Waals surface area contributed by atoms with E-state index in [1.54, 1.807) is 0 Å². The molecule has 1 fully saturated rings. The fourth-order valence-corrected chi connectivity index (χ4v) is 1.89. The smallest absolute Gasteiger partial charge is 0.0978 e. The molecule has 0 aromatic heterocycles. The summed E-state index contributed by atoms with van der Waals surface area (Å²) in [5.74, 6) is 0.731. The first kappa shape index (κ1) is 10.5. The topological polar surface area (TPSA) is 27.0 Å². The Morgan fingerprint density at radius 1 is 1.54 bits per heavy atom. The van der Waals surface area contributed by atoms with Gasteiger partial charge in [-0.3, -0.25) is 4.90 Å². The third kappa shape index (κ3) is 3.00. The Bertz CT molecular complexity index is 183. The van der Waals surface area contributed by atoms with Crippen molar-refractivity contribution >= 4 is 0 Å². The molecule has 0 N–H and O–H groups in total. The third-order valence-corrected chi connectivity index (χ3v) is 3.01. The monoisotopic (exact) mass is 180 g/mol. The van der Waals surface area contributed by atoms with E-state index in [4.69, 9.17) is 5.26 Å². The van der Waals surface area contributed by atoms with Crippen LogP contribution in [0.4, 0.5) is 0 Å². The number of hydrogen-bond acceptors (Lipinski definition) is 2. The molecule has 1 heterocycles. The van der Waals surface area contributed by atoms with Crippen LogP contribution in [0, 0.1) is 17.2 Å². The van der Waals surface area contributed by atoms with Crippen molar-refractivity contribution in [3.8, 4) is 6.07 Å². The molecule has 2 nitrogen and oxygen atoms in total. The summed E-state index contributed by atoms with van der Waals surface area (Å²) in [6, 6.07) is 2.61. The zero-order valence-electron chi connectivity index (χ0n) is 8.79. The van der Waals surface area contributed by atoms with Gasteiger partial charge in [-0.05, 0) is 31.7 Å². The van der Waals surface area contributed by atoms with E-state index in [1.807, 2.05) is 0 Å². The van der Waals surface area contributed by atoms with E-state index in [1.165, 1.54) is 19.3 Å². The summed E-state index contributed by atoms with van der Waals surface area (Å²) < 4.78 is 0. The van der Waals surface area contributed by atoms with E-state index in [9.17, 15) is 0 Å². The fraction of sp³-hybridized carbons (Fsp3) is 0.909. The van der Waals surface area contributed by atoms with Crippen LogP contribution in [0.2, 0.25) is 0 Å². The maximum absolute atomic E-state index is 8.96. The first-order valence-corrected chi connectivity index (χ1v) is 5.41. The van der Waals surface area contributed by atoms with Gasteiger partial charge in [0.05, 0.1) is 12.1 Å². The van der Waals surface area contributed by atoms with Gasteiger partial charge in [0.15, 0.2) is 0 Å². The van der Waals surface area contributed by atoms with Crippen LogP contribution in [0.1, 0.15) is 39.5 Å². The van der Waals surface area contributed by atoms with Gasteiger partial charge >= 0.3 is 0 Å². The van der Waals surface area contributed by atoms with Crippen molar-refractivity contribution in [3.63, 3.8) is 0 Å². The van der Waals surface area contributed by atoms with E-state index in [2.05, 4.69) is 24.8 Å². The van der Waals surface area contributed by atoms with E-state index in [0.29, 0.717) is 0 Å². The lowest BCUT2D eigenvalue weighted by molar-refractivity contribution is 0.160. The standard InChI is InChI=1S/C11H20N2/c1-3-10(2)9-13-7-5-4-6-11(13)8-12/h10-11H,3-7,9H2,1-2H3. The molecule has 1 rings (SSSR count). The average molecular weight is 180 g/mol. The van der Waals surface area contributed by atoms with E-state index in [0.717, 1.165) is 25.4 Å². The molecular weight excluding hydrogens is 160 g/mol. The predicted molar refractivity (Wildman–Crippen MR) is 54.3 cm³/mol. The first-order chi connectivity index (χ1) is 6.27. The lowest BCUT2D eigenvalue weighted by atomic mass is 10.0. The van der Waals surface area contributed by atoms with Gasteiger partial charge in [0.25, 0.3) is 0 Å². The summed E-state index contributed by atoms with van der Waals surface area (Å²) in [7, 11) is 0. The highest BCUT2D eigenvalue weighted by molar-refractivity contribution is 4.94. The summed E-state index contributed by atoms with van der Waals surface area (Å²) in [4.78, 5) is 2.36. The van der Waals surface area contributed by atoms with Crippen LogP contribution in [0.25, 0.3) is 0 Å². The molecule has 0 radical (unpaired) electrons. The molecular formula is C11H20N2. The highest BCUT2D eigenvalue weighted by Crippen LogP contribution is 2.18. The predicted octanol–water partition coefficient (Wildman–Crippen LogP) is 2.41. The van der Waals surface area contributed by atoms with Crippen molar-refractivity contribution in [2.24, 2.45) is 5.92 Å². The van der Waals surface area contributed by atoms with E-state index >= 15 is 0 Å². The molecule has 0 aromatic rings. The van der Waals surface area contributed by atoms with Crippen molar-refractivity contribution in [2.75, 3.05) is 13.1 Å². The number of hydrogen-bond donors (Lipinski definition) is 0. The van der Waals surface area contributed by atoms with Crippen LogP contribution in [0.15, 0.2) is 0 Å². The Kier molecular flexibility index (Phi) is 4.24. The summed E-state index contributed by atoms with van der Waals surface area (Å²) in [5.41, 5.74) is 0. The number of nitriles is 1. The van der Waals surface area contributed by atoms with Crippen molar-refractivity contribution < 1.29 is 0 Å². The summed E-state index contributed by atoms with van der Waals surface area (Å²) in [6.45, 7) is 6.72. The van der Waals surface area contributed by atoms with Gasteiger partial charge in [-0.15, -0.1) is 0 Å². The Morgan fingerprint density at radius 3 is 2.92 bits per heavy atom. The fourth-order valence-electron chi connectivity index (χ4n) is 1.89. The Hall–Kier alpha value is -0.550. The molecule has 0 amide bonds. The van der Waals surface area contributed by atoms with Crippen molar-refractivity contribution in [2.45, 2.75) is 45.6 Å². The molecule has 1 aliphatic heterocycles. The minimum absolute atomic E-state index is 0.197. The largest absolute Gasteiger partial charge is 0.288 e. The normalized spacial score (nSPS) is 26.7. The van der Waals surface area contributed by atoms with Crippen LogP contribution in [0.5, 0.6) is 0 Å². The lowest BCUT2D eigenvalue weighted by Gasteiger charge is -2.33. The van der Waals surface area contributed by atoms with Crippen LogP contribution in [0.3, 0.4) is 0 Å². The highest BCUT2D eigenvalue weighted by atomic mass is 15.2. The van der Waals surface area contributed by atoms with Gasteiger partial charge in [0, 0.05) is 6.54 Å². The first-order valence-electron chi connectivity index (χ1n) is 5.41. The quantitative estimate of drug-likeness (QED) is 0.667. The lowest BCUT2D eigenvalue weighted by Crippen LogP contribution is -2.40. The third-order valence-electron chi connectivity index (χ3n) is 3.01. The molecule has 74 valence electrons. The molecule has 0 aromatic carbocycles. The second kappa shape index (κ2) is 5.24. The highest BCUT2D eigenvalue weighted by Gasteiger charge is 2.22. The van der Waals surface area contributed by atoms with Crippen LogP contribution in [-0.4, -0.2) is 24.0 Å². The molecule has 0 aliphatic carbocycles. The second-order valence-corrected chi connectivity index (χ2v) is 4.15. The molecule has 0 spiro atoms. The summed E-state index contributed by atoms with van der Waals surface area (Å²) in [5, 5.41) is 8.96.